The molecule has 0 aromatic carbocycles. The molecule has 0 aliphatic carbocycles. The van der Waals surface area contributed by atoms with Gasteiger partial charge in [0, 0.05) is 12.4 Å². The molecule has 0 atom stereocenters. The van der Waals surface area contributed by atoms with E-state index in [1.54, 1.807) is 0 Å². The van der Waals surface area contributed by atoms with Crippen LogP contribution in [0.2, 0.25) is 0 Å². The Morgan fingerprint density at radius 2 is 1.00 bits per heavy atom. The third kappa shape index (κ3) is 18.9. The number of hydrogen-bond acceptors (Lipinski definition) is 2. The number of nitrogens with zero attached hydrogens (tertiary/aromatic N) is 1. The lowest BCUT2D eigenvalue weighted by atomic mass is 10.1. The number of halogens is 1. The minimum Gasteiger partial charge on any atom is -0.220 e. The van der Waals surface area contributed by atoms with Gasteiger partial charge in [-0.2, -0.15) is 0 Å². The smallest absolute Gasteiger partial charge is 0.0521 e. The SMILES string of the molecule is CCCCCCCCCCCCCCN=S.Cl. The van der Waals surface area contributed by atoms with Crippen LogP contribution in [0.15, 0.2) is 4.36 Å². The Bertz CT molecular complexity index is 142. The third-order valence-corrected chi connectivity index (χ3v) is 3.29. The second-order valence-corrected chi connectivity index (χ2v) is 5.00. The Morgan fingerprint density at radius 3 is 1.35 bits per heavy atom. The Labute approximate surface area is 120 Å². The first-order valence-corrected chi connectivity index (χ1v) is 7.57. The Morgan fingerprint density at radius 1 is 0.647 bits per heavy atom. The minimum atomic E-state index is 0. The quantitative estimate of drug-likeness (QED) is 0.386. The number of unbranched alkanes of at least 4 members (excludes halogenated alkanes) is 11. The summed E-state index contributed by atoms with van der Waals surface area (Å²) in [6.45, 7) is 3.16. The van der Waals surface area contributed by atoms with E-state index < -0.39 is 0 Å². The van der Waals surface area contributed by atoms with Crippen molar-refractivity contribution < 1.29 is 0 Å². The van der Waals surface area contributed by atoms with Crippen LogP contribution in [0, 0.1) is 0 Å². The molecular weight excluding hydrogens is 250 g/mol. The number of hydrogen-bond donors (Lipinski definition) is 0. The zero-order valence-corrected chi connectivity index (χ0v) is 13.1. The standard InChI is InChI=1S/C14H29NS.ClH/c1-2-3-4-5-6-7-8-9-10-11-12-13-14-15-16;/h2-14H2,1H3;1H. The van der Waals surface area contributed by atoms with Gasteiger partial charge in [0.05, 0.1) is 6.54 Å². The van der Waals surface area contributed by atoms with Crippen molar-refractivity contribution in [2.75, 3.05) is 6.54 Å². The van der Waals surface area contributed by atoms with Crippen molar-refractivity contribution in [2.24, 2.45) is 4.36 Å². The van der Waals surface area contributed by atoms with Crippen molar-refractivity contribution in [1.29, 1.82) is 0 Å². The van der Waals surface area contributed by atoms with Crippen LogP contribution >= 0.6 is 12.4 Å². The lowest BCUT2D eigenvalue weighted by Gasteiger charge is -2.01. The fourth-order valence-corrected chi connectivity index (χ4v) is 2.15. The highest BCUT2D eigenvalue weighted by Crippen LogP contribution is 2.11. The van der Waals surface area contributed by atoms with Gasteiger partial charge in [-0.3, -0.25) is 0 Å². The zero-order valence-electron chi connectivity index (χ0n) is 11.5. The second-order valence-electron chi connectivity index (χ2n) is 4.74. The van der Waals surface area contributed by atoms with Crippen molar-refractivity contribution >= 4 is 24.8 Å². The first kappa shape index (κ1) is 19.6. The van der Waals surface area contributed by atoms with E-state index in [9.17, 15) is 0 Å². The summed E-state index contributed by atoms with van der Waals surface area (Å²) >= 11 is 4.56. The Hall–Kier alpha value is 0.310. The molecule has 0 radical (unpaired) electrons. The molecule has 0 aromatic rings. The molecule has 0 bridgehead atoms. The van der Waals surface area contributed by atoms with Crippen molar-refractivity contribution in [3.63, 3.8) is 0 Å². The molecule has 0 spiro atoms. The molecule has 0 rings (SSSR count). The molecule has 3 heteroatoms. The van der Waals surface area contributed by atoms with E-state index in [1.807, 2.05) is 0 Å². The van der Waals surface area contributed by atoms with Gasteiger partial charge in [-0.1, -0.05) is 77.6 Å². The maximum absolute atomic E-state index is 4.56. The highest BCUT2D eigenvalue weighted by Gasteiger charge is 1.92. The van der Waals surface area contributed by atoms with Crippen LogP contribution in [-0.4, -0.2) is 6.54 Å². The van der Waals surface area contributed by atoms with Gasteiger partial charge in [0.2, 0.25) is 0 Å². The molecule has 0 saturated carbocycles. The first-order chi connectivity index (χ1) is 7.91. The summed E-state index contributed by atoms with van der Waals surface area (Å²) in [5.74, 6) is 0. The van der Waals surface area contributed by atoms with Crippen LogP contribution < -0.4 is 0 Å². The van der Waals surface area contributed by atoms with Crippen molar-refractivity contribution in [3.8, 4) is 0 Å². The van der Waals surface area contributed by atoms with Crippen LogP contribution in [0.4, 0.5) is 0 Å². The topological polar surface area (TPSA) is 12.4 Å². The summed E-state index contributed by atoms with van der Waals surface area (Å²) in [7, 11) is 0. The summed E-state index contributed by atoms with van der Waals surface area (Å²) in [4.78, 5) is 0. The van der Waals surface area contributed by atoms with E-state index in [2.05, 4.69) is 23.7 Å². The summed E-state index contributed by atoms with van der Waals surface area (Å²) in [5.41, 5.74) is 0. The lowest BCUT2D eigenvalue weighted by molar-refractivity contribution is 0.545. The molecule has 0 aliphatic rings. The van der Waals surface area contributed by atoms with Crippen LogP contribution in [0.5, 0.6) is 0 Å². The van der Waals surface area contributed by atoms with Gasteiger partial charge in [-0.05, 0) is 6.42 Å². The minimum absolute atomic E-state index is 0. The van der Waals surface area contributed by atoms with Gasteiger partial charge in [-0.15, -0.1) is 12.4 Å². The molecule has 0 aliphatic heterocycles. The predicted molar refractivity (Wildman–Crippen MR) is 83.0 cm³/mol. The Balaban J connectivity index is 0. The second kappa shape index (κ2) is 18.7. The predicted octanol–water partition coefficient (Wildman–Crippen LogP) is 5.84. The normalized spacial score (nSPS) is 9.94. The lowest BCUT2D eigenvalue weighted by Crippen LogP contribution is -1.83. The fourth-order valence-electron chi connectivity index (χ4n) is 2.02. The highest BCUT2D eigenvalue weighted by atomic mass is 35.5. The molecule has 0 N–H and O–H groups in total. The average molecular weight is 280 g/mol. The highest BCUT2D eigenvalue weighted by molar-refractivity contribution is 7.47. The van der Waals surface area contributed by atoms with E-state index in [1.165, 1.54) is 77.0 Å². The molecular formula is C14H30ClNS. The summed E-state index contributed by atoms with van der Waals surface area (Å²) in [5, 5.41) is 0. The molecule has 0 unspecified atom stereocenters. The van der Waals surface area contributed by atoms with Crippen LogP contribution in [0.3, 0.4) is 0 Å². The van der Waals surface area contributed by atoms with E-state index in [4.69, 9.17) is 0 Å². The van der Waals surface area contributed by atoms with Gasteiger partial charge < -0.3 is 0 Å². The van der Waals surface area contributed by atoms with E-state index in [0.717, 1.165) is 6.54 Å². The summed E-state index contributed by atoms with van der Waals surface area (Å²) in [6.07, 6.45) is 16.8. The van der Waals surface area contributed by atoms with E-state index in [0.29, 0.717) is 0 Å². The third-order valence-electron chi connectivity index (χ3n) is 3.10. The molecule has 0 fully saturated rings. The van der Waals surface area contributed by atoms with Crippen molar-refractivity contribution in [3.05, 3.63) is 0 Å². The molecule has 1 nitrogen and oxygen atoms in total. The van der Waals surface area contributed by atoms with E-state index in [-0.39, 0.29) is 12.4 Å². The van der Waals surface area contributed by atoms with Gasteiger partial charge in [-0.25, -0.2) is 4.36 Å². The van der Waals surface area contributed by atoms with Gasteiger partial charge in [0.1, 0.15) is 0 Å². The maximum atomic E-state index is 4.56. The summed E-state index contributed by atoms with van der Waals surface area (Å²) < 4.78 is 3.70. The summed E-state index contributed by atoms with van der Waals surface area (Å²) in [6, 6.07) is 0. The van der Waals surface area contributed by atoms with Gasteiger partial charge >= 0.3 is 0 Å². The van der Waals surface area contributed by atoms with Crippen molar-refractivity contribution in [1.82, 2.24) is 0 Å². The fraction of sp³-hybridized carbons (Fsp3) is 1.00. The molecule has 0 saturated heterocycles. The van der Waals surface area contributed by atoms with E-state index >= 15 is 0 Å². The van der Waals surface area contributed by atoms with Crippen LogP contribution in [-0.2, 0) is 12.4 Å². The molecule has 104 valence electrons. The largest absolute Gasteiger partial charge is 0.220 e. The monoisotopic (exact) mass is 279 g/mol. The first-order valence-electron chi connectivity index (χ1n) is 7.21. The van der Waals surface area contributed by atoms with Crippen LogP contribution in [0.25, 0.3) is 0 Å². The zero-order chi connectivity index (χ0) is 11.9. The number of rotatable bonds is 13. The molecule has 0 aromatic heterocycles. The Kier molecular flexibility index (Phi) is 21.6. The van der Waals surface area contributed by atoms with Crippen LogP contribution in [0.1, 0.15) is 84.0 Å². The molecule has 0 heterocycles. The van der Waals surface area contributed by atoms with Crippen molar-refractivity contribution in [2.45, 2.75) is 84.0 Å². The maximum Gasteiger partial charge on any atom is 0.0521 e. The molecule has 17 heavy (non-hydrogen) atoms. The molecule has 0 amide bonds. The van der Waals surface area contributed by atoms with Gasteiger partial charge in [0.25, 0.3) is 0 Å². The van der Waals surface area contributed by atoms with Gasteiger partial charge in [0.15, 0.2) is 0 Å². The average Bonchev–Trinajstić information content (AvgIpc) is 2.31.